The molecule has 0 bridgehead atoms. The molecule has 80 heavy (non-hydrogen) atoms. The number of aliphatic hydroxyl groups excluding tert-OH is 1. The Morgan fingerprint density at radius 2 is 1.50 bits per heavy atom. The second-order valence-corrected chi connectivity index (χ2v) is 25.6. The first-order chi connectivity index (χ1) is 37.7. The number of hydrogen-bond donors (Lipinski definition) is 5. The number of piperazine rings is 1. The Labute approximate surface area is 474 Å². The van der Waals surface area contributed by atoms with Crippen LogP contribution in [0.15, 0.2) is 90.7 Å². The lowest BCUT2D eigenvalue weighted by Gasteiger charge is -2.37. The maximum Gasteiger partial charge on any atom is 0.408 e. The second-order valence-electron chi connectivity index (χ2n) is 24.7. The number of rotatable bonds is 16. The minimum absolute atomic E-state index is 0.00131. The van der Waals surface area contributed by atoms with Crippen LogP contribution in [-0.2, 0) is 30.5 Å². The largest absolute Gasteiger partial charge is 0.444 e. The van der Waals surface area contributed by atoms with Crippen molar-refractivity contribution >= 4 is 57.8 Å². The summed E-state index contributed by atoms with van der Waals surface area (Å²) >= 11 is 1.58. The van der Waals surface area contributed by atoms with Crippen LogP contribution in [0.1, 0.15) is 111 Å². The summed E-state index contributed by atoms with van der Waals surface area (Å²) in [5.74, 6) is -1.34. The third-order valence-electron chi connectivity index (χ3n) is 14.5. The number of likely N-dealkylation sites (tertiary alicyclic amines) is 1. The summed E-state index contributed by atoms with van der Waals surface area (Å²) in [6.07, 6.45) is 2.69. The molecule has 2 saturated heterocycles. The average molecular weight is 1110 g/mol. The van der Waals surface area contributed by atoms with Crippen LogP contribution in [0.25, 0.3) is 38.3 Å². The number of anilines is 1. The van der Waals surface area contributed by atoms with Gasteiger partial charge in [0.05, 0.1) is 46.7 Å². The van der Waals surface area contributed by atoms with Gasteiger partial charge in [-0.3, -0.25) is 34.0 Å². The van der Waals surface area contributed by atoms with E-state index in [1.165, 1.54) is 4.90 Å². The molecule has 0 saturated carbocycles. The van der Waals surface area contributed by atoms with Crippen molar-refractivity contribution in [2.24, 2.45) is 10.8 Å². The first-order valence-corrected chi connectivity index (χ1v) is 28.4. The van der Waals surface area contributed by atoms with Gasteiger partial charge in [0.2, 0.25) is 23.6 Å². The molecule has 6 aromatic rings. The van der Waals surface area contributed by atoms with Gasteiger partial charge in [0.15, 0.2) is 0 Å². The highest BCUT2D eigenvalue weighted by Gasteiger charge is 2.45. The molecule has 2 aliphatic heterocycles. The van der Waals surface area contributed by atoms with Crippen LogP contribution in [0.5, 0.6) is 0 Å². The van der Waals surface area contributed by atoms with Crippen molar-refractivity contribution in [3.05, 3.63) is 113 Å². The lowest BCUT2D eigenvalue weighted by atomic mass is 9.85. The fourth-order valence-electron chi connectivity index (χ4n) is 10.4. The highest BCUT2D eigenvalue weighted by Crippen LogP contribution is 2.33. The molecular weight excluding hydrogens is 1030 g/mol. The Kier molecular flexibility index (Phi) is 18.0. The molecule has 0 aliphatic carbocycles. The number of ether oxygens (including phenoxy) is 1. The first-order valence-electron chi connectivity index (χ1n) is 27.6. The van der Waals surface area contributed by atoms with E-state index in [4.69, 9.17) is 9.84 Å². The number of nitrogens with zero attached hydrogens (tertiary/aromatic N) is 7. The number of amides is 5. The van der Waals surface area contributed by atoms with Gasteiger partial charge in [-0.1, -0.05) is 84.0 Å². The van der Waals surface area contributed by atoms with Crippen molar-refractivity contribution in [2.75, 3.05) is 44.6 Å². The summed E-state index contributed by atoms with van der Waals surface area (Å²) < 4.78 is 7.29. The van der Waals surface area contributed by atoms with E-state index < -0.39 is 47.2 Å². The van der Waals surface area contributed by atoms with Gasteiger partial charge in [0.1, 0.15) is 34.8 Å². The van der Waals surface area contributed by atoms with E-state index in [-0.39, 0.29) is 48.7 Å². The number of fused-ring (bicyclic) bond motifs is 1. The Morgan fingerprint density at radius 1 is 0.812 bits per heavy atom. The molecule has 0 radical (unpaired) electrons. The summed E-state index contributed by atoms with van der Waals surface area (Å²) in [5.41, 5.74) is 10.0. The van der Waals surface area contributed by atoms with Crippen LogP contribution in [0.4, 0.5) is 10.5 Å². The van der Waals surface area contributed by atoms with Gasteiger partial charge < -0.3 is 36.0 Å². The van der Waals surface area contributed by atoms with Gasteiger partial charge >= 0.3 is 6.09 Å². The number of thiazole rings is 1. The maximum absolute atomic E-state index is 14.3. The summed E-state index contributed by atoms with van der Waals surface area (Å²) in [6, 6.07) is 21.0. The van der Waals surface area contributed by atoms with E-state index in [0.717, 1.165) is 80.3 Å². The third kappa shape index (κ3) is 15.0. The molecule has 18 nitrogen and oxygen atoms in total. The van der Waals surface area contributed by atoms with Crippen molar-refractivity contribution in [2.45, 2.75) is 138 Å². The maximum atomic E-state index is 14.3. The van der Waals surface area contributed by atoms with Crippen molar-refractivity contribution < 1.29 is 33.8 Å². The minimum Gasteiger partial charge on any atom is -0.444 e. The highest BCUT2D eigenvalue weighted by atomic mass is 32.1. The van der Waals surface area contributed by atoms with E-state index in [1.54, 1.807) is 38.3 Å². The zero-order valence-corrected chi connectivity index (χ0v) is 49.2. The molecule has 5 amide bonds. The number of β-amino-alcohol motifs (C(OH)–C–C–N with tert-alkyl or cyclic N) is 1. The molecule has 0 spiro atoms. The van der Waals surface area contributed by atoms with E-state index in [2.05, 4.69) is 53.2 Å². The molecule has 5 heterocycles. The number of benzene rings is 3. The van der Waals surface area contributed by atoms with Gasteiger partial charge in [-0.2, -0.15) is 5.10 Å². The Balaban J connectivity index is 0.828. The molecule has 5 N–H and O–H groups in total. The van der Waals surface area contributed by atoms with Gasteiger partial charge in [0, 0.05) is 63.1 Å². The number of nitrogens with one attached hydrogen (secondary N) is 4. The van der Waals surface area contributed by atoms with E-state index >= 15 is 0 Å². The number of alkyl carbamates (subject to hydrolysis) is 1. The summed E-state index contributed by atoms with van der Waals surface area (Å²) in [4.78, 5) is 84.1. The molecule has 3 aromatic heterocycles. The van der Waals surface area contributed by atoms with Crippen LogP contribution in [-0.4, -0.2) is 138 Å². The Hall–Kier alpha value is -7.06. The van der Waals surface area contributed by atoms with Crippen LogP contribution < -0.4 is 21.3 Å². The molecule has 5 atom stereocenters. The lowest BCUT2D eigenvalue weighted by Crippen LogP contribution is -2.59. The van der Waals surface area contributed by atoms with Crippen LogP contribution in [0.2, 0.25) is 0 Å². The Morgan fingerprint density at radius 3 is 2.12 bits per heavy atom. The topological polar surface area (TPSA) is 216 Å². The van der Waals surface area contributed by atoms with Crippen molar-refractivity contribution in [3.63, 3.8) is 0 Å². The molecule has 426 valence electrons. The fraction of sp³-hybridized carbons (Fsp3) is 0.475. The SMILES string of the molecule is Cc1cc(NC(=O)[C@@H](CC(C)(C)C)NC(=O)OC(C)(C)C)ccc1-c1ccnc2cn(-c3ccc(CN4CCN(CC(=O)N[C@H](C(=O)N5C[C@H](O)C[C@H]5C(=O)N[C@@H](C)c5ccc(-c6scnc6C)cc5)C(C)(C)C)CC4)cc3)nc12. The van der Waals surface area contributed by atoms with Crippen LogP contribution in [0.3, 0.4) is 0 Å². The molecule has 2 fully saturated rings. The fourth-order valence-corrected chi connectivity index (χ4v) is 11.2. The molecule has 3 aromatic carbocycles. The monoisotopic (exact) mass is 1110 g/mol. The predicted molar refractivity (Wildman–Crippen MR) is 313 cm³/mol. The molecule has 8 rings (SSSR count). The number of carbonyl (C=O) groups excluding carboxylic acids is 5. The van der Waals surface area contributed by atoms with Gasteiger partial charge in [-0.25, -0.2) is 14.5 Å². The van der Waals surface area contributed by atoms with Crippen molar-refractivity contribution in [3.8, 4) is 27.3 Å². The second kappa shape index (κ2) is 24.3. The van der Waals surface area contributed by atoms with Crippen molar-refractivity contribution in [1.82, 2.24) is 50.4 Å². The summed E-state index contributed by atoms with van der Waals surface area (Å²) in [7, 11) is 0. The summed E-state index contributed by atoms with van der Waals surface area (Å²) in [6.45, 7) is 26.6. The average Bonchev–Trinajstić information content (AvgIpc) is 4.15. The number of aliphatic hydroxyl groups is 1. The van der Waals surface area contributed by atoms with E-state index in [9.17, 15) is 29.1 Å². The molecular formula is C61H79N11O7S. The molecule has 0 unspecified atom stereocenters. The first kappa shape index (κ1) is 59.1. The van der Waals surface area contributed by atoms with Crippen LogP contribution >= 0.6 is 11.3 Å². The normalized spacial score (nSPS) is 17.6. The highest BCUT2D eigenvalue weighted by molar-refractivity contribution is 7.13. The molecule has 2 aliphatic rings. The molecule has 19 heteroatoms. The smallest absolute Gasteiger partial charge is 0.408 e. The predicted octanol–water partition coefficient (Wildman–Crippen LogP) is 8.58. The quantitative estimate of drug-likeness (QED) is 0.0616. The third-order valence-corrected chi connectivity index (χ3v) is 15.5. The number of aromatic nitrogens is 4. The standard InChI is InChI=1S/C61H79N11O7S/c1-37-29-43(65-55(75)48(31-59(4,5)6)66-58(78)79-61(10,11)12)19-22-46(37)47-23-24-62-49-34-72(68-52(47)49)44-20-13-40(14-21-44)32-69-25-27-70(28-26-69)35-51(74)67-54(60(7,8)9)57(77)71-33-45(73)30-50(71)56(76)64-38(2)41-15-17-42(18-16-41)53-39(3)63-36-80-53/h13-24,29,34,36,38,45,48,50,54,73H,25-28,30-33,35H2,1-12H3,(H,64,76)(H,65,75)(H,66,78)(H,67,74)/t38-,45+,48+,50-,54+/m0/s1. The summed E-state index contributed by atoms with van der Waals surface area (Å²) in [5, 5.41) is 27.6. The zero-order chi connectivity index (χ0) is 57.8. The van der Waals surface area contributed by atoms with Crippen LogP contribution in [0, 0.1) is 24.7 Å². The number of carbonyl (C=O) groups is 5. The lowest BCUT2D eigenvalue weighted by molar-refractivity contribution is -0.144. The van der Waals surface area contributed by atoms with Gasteiger partial charge in [-0.15, -0.1) is 11.3 Å². The zero-order valence-electron chi connectivity index (χ0n) is 48.3. The van der Waals surface area contributed by atoms with E-state index in [1.807, 2.05) is 139 Å². The van der Waals surface area contributed by atoms with Gasteiger partial charge in [-0.05, 0) is 117 Å². The van der Waals surface area contributed by atoms with Gasteiger partial charge in [0.25, 0.3) is 0 Å². The Bertz CT molecular complexity index is 3180. The number of aryl methyl sites for hydroxylation is 2. The van der Waals surface area contributed by atoms with Crippen molar-refractivity contribution in [1.29, 1.82) is 0 Å². The minimum atomic E-state index is -0.918. The number of hydrogen-bond acceptors (Lipinski definition) is 13. The van der Waals surface area contributed by atoms with E-state index in [0.29, 0.717) is 25.2 Å². The number of pyridine rings is 1.